The number of benzene rings is 2. The minimum Gasteiger partial charge on any atom is -0.376 e. The Bertz CT molecular complexity index is 808. The molecule has 1 unspecified atom stereocenters. The summed E-state index contributed by atoms with van der Waals surface area (Å²) in [5, 5.41) is 3.84. The first kappa shape index (κ1) is 15.1. The van der Waals surface area contributed by atoms with Gasteiger partial charge in [-0.15, -0.1) is 0 Å². The number of nitrogens with zero attached hydrogens (tertiary/aromatic N) is 5. The third kappa shape index (κ3) is 3.88. The molecule has 0 fully saturated rings. The molecule has 6 nitrogen and oxygen atoms in total. The highest BCUT2D eigenvalue weighted by Gasteiger charge is 2.10. The van der Waals surface area contributed by atoms with Gasteiger partial charge in [0, 0.05) is 11.5 Å². The number of azide groups is 1. The third-order valence-corrected chi connectivity index (χ3v) is 3.57. The highest BCUT2D eigenvalue weighted by atomic mass is 16.5. The molecule has 3 aromatic rings. The first-order valence-corrected chi connectivity index (χ1v) is 7.42. The van der Waals surface area contributed by atoms with E-state index in [1.54, 1.807) is 6.33 Å². The predicted molar refractivity (Wildman–Crippen MR) is 88.8 cm³/mol. The number of ether oxygens (including phenoxy) is 1. The first-order chi connectivity index (χ1) is 11.4. The topological polar surface area (TPSA) is 75.8 Å². The quantitative estimate of drug-likeness (QED) is 0.377. The van der Waals surface area contributed by atoms with Crippen molar-refractivity contribution in [2.24, 2.45) is 5.11 Å². The molecule has 0 aliphatic rings. The van der Waals surface area contributed by atoms with E-state index in [1.165, 1.54) is 0 Å². The largest absolute Gasteiger partial charge is 0.376 e. The molecular weight excluding hydrogens is 290 g/mol. The van der Waals surface area contributed by atoms with Gasteiger partial charge in [0.25, 0.3) is 0 Å². The number of imidazole rings is 1. The van der Waals surface area contributed by atoms with Gasteiger partial charge in [-0.1, -0.05) is 47.6 Å². The van der Waals surface area contributed by atoms with Crippen molar-refractivity contribution in [3.63, 3.8) is 0 Å². The molecule has 3 rings (SSSR count). The molecular formula is C17H17N5O. The van der Waals surface area contributed by atoms with E-state index in [2.05, 4.69) is 15.0 Å². The van der Waals surface area contributed by atoms with Crippen LogP contribution in [0.5, 0.6) is 0 Å². The lowest BCUT2D eigenvalue weighted by Gasteiger charge is -2.13. The molecule has 0 saturated heterocycles. The molecule has 0 N–H and O–H groups in total. The van der Waals surface area contributed by atoms with Crippen LogP contribution in [0.15, 0.2) is 66.0 Å². The molecule has 0 saturated carbocycles. The molecule has 1 heterocycles. The lowest BCUT2D eigenvalue weighted by atomic mass is 10.2. The van der Waals surface area contributed by atoms with Gasteiger partial charge in [0.2, 0.25) is 0 Å². The molecule has 116 valence electrons. The van der Waals surface area contributed by atoms with E-state index in [1.807, 2.05) is 59.2 Å². The number of hydrogen-bond donors (Lipinski definition) is 0. The Kier molecular flexibility index (Phi) is 4.88. The van der Waals surface area contributed by atoms with Crippen LogP contribution < -0.4 is 0 Å². The van der Waals surface area contributed by atoms with Crippen LogP contribution in [-0.2, 0) is 17.9 Å². The number of para-hydroxylation sites is 2. The van der Waals surface area contributed by atoms with Gasteiger partial charge in [-0.05, 0) is 23.2 Å². The second kappa shape index (κ2) is 7.45. The zero-order chi connectivity index (χ0) is 15.9. The van der Waals surface area contributed by atoms with E-state index in [0.29, 0.717) is 19.8 Å². The van der Waals surface area contributed by atoms with Crippen LogP contribution >= 0.6 is 0 Å². The fourth-order valence-electron chi connectivity index (χ4n) is 2.47. The van der Waals surface area contributed by atoms with Crippen molar-refractivity contribution >= 4 is 11.0 Å². The van der Waals surface area contributed by atoms with Gasteiger partial charge >= 0.3 is 0 Å². The Hall–Kier alpha value is -2.82. The fraction of sp³-hybridized carbons (Fsp3) is 0.235. The van der Waals surface area contributed by atoms with Gasteiger partial charge < -0.3 is 9.30 Å². The second-order valence-electron chi connectivity index (χ2n) is 5.25. The van der Waals surface area contributed by atoms with Crippen molar-refractivity contribution in [2.45, 2.75) is 19.2 Å². The molecule has 1 aromatic heterocycles. The molecule has 0 radical (unpaired) electrons. The van der Waals surface area contributed by atoms with Gasteiger partial charge in [-0.25, -0.2) is 4.98 Å². The summed E-state index contributed by atoms with van der Waals surface area (Å²) in [5.41, 5.74) is 11.8. The second-order valence-corrected chi connectivity index (χ2v) is 5.25. The van der Waals surface area contributed by atoms with Gasteiger partial charge in [0.15, 0.2) is 0 Å². The Morgan fingerprint density at radius 2 is 1.91 bits per heavy atom. The van der Waals surface area contributed by atoms with Gasteiger partial charge in [-0.2, -0.15) is 0 Å². The SMILES string of the molecule is [N-]=[N+]=NC(COCc1ccccc1)Cn1cnc2ccccc21. The zero-order valence-corrected chi connectivity index (χ0v) is 12.6. The summed E-state index contributed by atoms with van der Waals surface area (Å²) in [6.07, 6.45) is 1.77. The maximum Gasteiger partial charge on any atom is 0.0958 e. The maximum atomic E-state index is 8.77. The highest BCUT2D eigenvalue weighted by Crippen LogP contribution is 2.13. The maximum absolute atomic E-state index is 8.77. The summed E-state index contributed by atoms with van der Waals surface area (Å²) < 4.78 is 7.68. The smallest absolute Gasteiger partial charge is 0.0958 e. The first-order valence-electron chi connectivity index (χ1n) is 7.42. The van der Waals surface area contributed by atoms with Crippen LogP contribution in [0, 0.1) is 0 Å². The standard InChI is InChI=1S/C17H17N5O/c18-21-20-15(12-23-11-14-6-2-1-3-7-14)10-22-13-19-16-8-4-5-9-17(16)22/h1-9,13,15H,10-12H2. The average Bonchev–Trinajstić information content (AvgIpc) is 2.99. The summed E-state index contributed by atoms with van der Waals surface area (Å²) in [6, 6.07) is 17.5. The Morgan fingerprint density at radius 3 is 2.74 bits per heavy atom. The van der Waals surface area contributed by atoms with E-state index in [9.17, 15) is 0 Å². The molecule has 0 bridgehead atoms. The Morgan fingerprint density at radius 1 is 1.13 bits per heavy atom. The molecule has 6 heteroatoms. The predicted octanol–water partition coefficient (Wildman–Crippen LogP) is 3.93. The molecule has 23 heavy (non-hydrogen) atoms. The normalized spacial score (nSPS) is 12.0. The lowest BCUT2D eigenvalue weighted by Crippen LogP contribution is -2.19. The summed E-state index contributed by atoms with van der Waals surface area (Å²) in [4.78, 5) is 7.28. The number of rotatable bonds is 7. The van der Waals surface area contributed by atoms with Crippen LogP contribution in [0.3, 0.4) is 0 Å². The van der Waals surface area contributed by atoms with E-state index < -0.39 is 0 Å². The van der Waals surface area contributed by atoms with Gasteiger partial charge in [-0.3, -0.25) is 0 Å². The van der Waals surface area contributed by atoms with Crippen molar-refractivity contribution in [2.75, 3.05) is 6.61 Å². The van der Waals surface area contributed by atoms with Crippen molar-refractivity contribution < 1.29 is 4.74 Å². The molecule has 0 amide bonds. The average molecular weight is 307 g/mol. The van der Waals surface area contributed by atoms with Crippen LogP contribution in [0.1, 0.15) is 5.56 Å². The minimum atomic E-state index is -0.277. The summed E-state index contributed by atoms with van der Waals surface area (Å²) in [7, 11) is 0. The Balaban J connectivity index is 1.63. The van der Waals surface area contributed by atoms with E-state index in [0.717, 1.165) is 16.6 Å². The van der Waals surface area contributed by atoms with Crippen molar-refractivity contribution in [3.05, 3.63) is 76.9 Å². The monoisotopic (exact) mass is 307 g/mol. The molecule has 0 aliphatic heterocycles. The van der Waals surface area contributed by atoms with Gasteiger partial charge in [0.05, 0.1) is 36.6 Å². The van der Waals surface area contributed by atoms with Crippen LogP contribution in [0.25, 0.3) is 21.5 Å². The molecule has 0 aliphatic carbocycles. The van der Waals surface area contributed by atoms with Crippen molar-refractivity contribution in [3.8, 4) is 0 Å². The molecule has 1 atom stereocenters. The van der Waals surface area contributed by atoms with Crippen LogP contribution in [0.2, 0.25) is 0 Å². The van der Waals surface area contributed by atoms with E-state index >= 15 is 0 Å². The minimum absolute atomic E-state index is 0.277. The summed E-state index contributed by atoms with van der Waals surface area (Å²) in [5.74, 6) is 0. The third-order valence-electron chi connectivity index (χ3n) is 3.57. The van der Waals surface area contributed by atoms with Crippen LogP contribution in [0.4, 0.5) is 0 Å². The van der Waals surface area contributed by atoms with Crippen molar-refractivity contribution in [1.82, 2.24) is 9.55 Å². The van der Waals surface area contributed by atoms with Crippen molar-refractivity contribution in [1.29, 1.82) is 0 Å². The molecule has 2 aromatic carbocycles. The van der Waals surface area contributed by atoms with E-state index in [-0.39, 0.29) is 6.04 Å². The highest BCUT2D eigenvalue weighted by molar-refractivity contribution is 5.74. The summed E-state index contributed by atoms with van der Waals surface area (Å²) >= 11 is 0. The van der Waals surface area contributed by atoms with E-state index in [4.69, 9.17) is 10.3 Å². The number of fused-ring (bicyclic) bond motifs is 1. The van der Waals surface area contributed by atoms with Crippen LogP contribution in [-0.4, -0.2) is 22.2 Å². The van der Waals surface area contributed by atoms with Gasteiger partial charge in [0.1, 0.15) is 0 Å². The summed E-state index contributed by atoms with van der Waals surface area (Å²) in [6.45, 7) is 1.41. The zero-order valence-electron chi connectivity index (χ0n) is 12.6. The number of hydrogen-bond acceptors (Lipinski definition) is 3. The fourth-order valence-corrected chi connectivity index (χ4v) is 2.47. The Labute approximate surface area is 134 Å². The lowest BCUT2D eigenvalue weighted by molar-refractivity contribution is 0.104. The molecule has 0 spiro atoms. The number of aromatic nitrogens is 2.